The Bertz CT molecular complexity index is 784. The van der Waals surface area contributed by atoms with Crippen LogP contribution in [0.3, 0.4) is 0 Å². The van der Waals surface area contributed by atoms with Crippen LogP contribution in [0.5, 0.6) is 11.5 Å². The van der Waals surface area contributed by atoms with E-state index in [4.69, 9.17) is 14.2 Å². The van der Waals surface area contributed by atoms with Gasteiger partial charge in [0, 0.05) is 0 Å². The second-order valence-electron chi connectivity index (χ2n) is 6.92. The van der Waals surface area contributed by atoms with Crippen LogP contribution >= 0.6 is 0 Å². The monoisotopic (exact) mass is 398 g/mol. The lowest BCUT2D eigenvalue weighted by atomic mass is 10.0. The Labute approximate surface area is 173 Å². The van der Waals surface area contributed by atoms with Crippen molar-refractivity contribution in [2.24, 2.45) is 0 Å². The predicted molar refractivity (Wildman–Crippen MR) is 113 cm³/mol. The summed E-state index contributed by atoms with van der Waals surface area (Å²) in [4.78, 5) is 24.1. The van der Waals surface area contributed by atoms with E-state index in [1.54, 1.807) is 18.2 Å². The summed E-state index contributed by atoms with van der Waals surface area (Å²) < 4.78 is 15.4. The summed E-state index contributed by atoms with van der Waals surface area (Å²) in [5, 5.41) is 0. The number of para-hydroxylation sites is 2. The molecule has 2 aromatic carbocycles. The Balaban J connectivity index is 1.90. The van der Waals surface area contributed by atoms with Gasteiger partial charge in [-0.15, -0.1) is 0 Å². The largest absolute Gasteiger partial charge is 0.519 e. The molecule has 0 unspecified atom stereocenters. The van der Waals surface area contributed by atoms with E-state index in [0.29, 0.717) is 5.75 Å². The number of carbonyl (C=O) groups is 2. The molecule has 0 spiro atoms. The molecule has 0 N–H and O–H groups in total. The fourth-order valence-electron chi connectivity index (χ4n) is 3.12. The lowest BCUT2D eigenvalue weighted by Gasteiger charge is -2.11. The number of aryl methyl sites for hydroxylation is 1. The van der Waals surface area contributed by atoms with E-state index < -0.39 is 12.1 Å². The Morgan fingerprint density at radius 1 is 0.759 bits per heavy atom. The minimum Gasteiger partial charge on any atom is -0.465 e. The van der Waals surface area contributed by atoms with E-state index in [1.807, 2.05) is 18.2 Å². The summed E-state index contributed by atoms with van der Waals surface area (Å²) in [6, 6.07) is 13.9. The van der Waals surface area contributed by atoms with Gasteiger partial charge in [0.05, 0.1) is 7.11 Å². The van der Waals surface area contributed by atoms with Gasteiger partial charge in [0.2, 0.25) is 0 Å². The highest BCUT2D eigenvalue weighted by molar-refractivity contribution is 5.93. The first kappa shape index (κ1) is 22.5. The molecule has 0 radical (unpaired) electrons. The molecule has 5 nitrogen and oxygen atoms in total. The molecule has 0 saturated carbocycles. The van der Waals surface area contributed by atoms with Gasteiger partial charge in [-0.3, -0.25) is 0 Å². The molecular weight excluding hydrogens is 368 g/mol. The lowest BCUT2D eigenvalue weighted by molar-refractivity contribution is 0.0597. The molecule has 0 aliphatic rings. The summed E-state index contributed by atoms with van der Waals surface area (Å²) in [5.41, 5.74) is 1.14. The number of carbonyl (C=O) groups excluding carboxylic acids is 2. The smallest absolute Gasteiger partial charge is 0.465 e. The van der Waals surface area contributed by atoms with E-state index in [2.05, 4.69) is 6.92 Å². The molecule has 2 aromatic rings. The summed E-state index contributed by atoms with van der Waals surface area (Å²) in [7, 11) is 1.28. The topological polar surface area (TPSA) is 61.8 Å². The highest BCUT2D eigenvalue weighted by Gasteiger charge is 2.17. The van der Waals surface area contributed by atoms with E-state index >= 15 is 0 Å². The molecule has 0 aromatic heterocycles. The number of rotatable bonds is 11. The zero-order chi connectivity index (χ0) is 20.9. The minimum atomic E-state index is -0.881. The Hall–Kier alpha value is -2.82. The van der Waals surface area contributed by atoms with Crippen LogP contribution in [0.25, 0.3) is 0 Å². The molecule has 0 aliphatic carbocycles. The molecule has 0 fully saturated rings. The SMILES string of the molecule is CCCCCCCCCc1ccccc1OC(=O)Oc1ccccc1C(=O)OC. The zero-order valence-electron chi connectivity index (χ0n) is 17.3. The minimum absolute atomic E-state index is 0.105. The van der Waals surface area contributed by atoms with Crippen LogP contribution in [-0.2, 0) is 11.2 Å². The molecule has 5 heteroatoms. The highest BCUT2D eigenvalue weighted by atomic mass is 16.7. The van der Waals surface area contributed by atoms with Crippen LogP contribution in [0.4, 0.5) is 4.79 Å². The van der Waals surface area contributed by atoms with Crippen molar-refractivity contribution >= 4 is 12.1 Å². The normalized spacial score (nSPS) is 10.4. The third kappa shape index (κ3) is 7.60. The molecule has 0 aliphatic heterocycles. The van der Waals surface area contributed by atoms with Gasteiger partial charge in [0.25, 0.3) is 0 Å². The van der Waals surface area contributed by atoms with E-state index in [1.165, 1.54) is 51.3 Å². The molecule has 29 heavy (non-hydrogen) atoms. The molecule has 0 heterocycles. The standard InChI is InChI=1S/C24H30O5/c1-3-4-5-6-7-8-9-14-19-15-10-12-17-21(19)28-24(26)29-22-18-13-11-16-20(22)23(25)27-2/h10-13,15-18H,3-9,14H2,1-2H3. The Morgan fingerprint density at radius 2 is 1.34 bits per heavy atom. The van der Waals surface area contributed by atoms with Crippen molar-refractivity contribution in [2.75, 3.05) is 7.11 Å². The van der Waals surface area contributed by atoms with E-state index in [0.717, 1.165) is 24.8 Å². The van der Waals surface area contributed by atoms with E-state index in [-0.39, 0.29) is 11.3 Å². The number of hydrogen-bond donors (Lipinski definition) is 0. The summed E-state index contributed by atoms with van der Waals surface area (Å²) >= 11 is 0. The fraction of sp³-hybridized carbons (Fsp3) is 0.417. The van der Waals surface area contributed by atoms with Gasteiger partial charge in [-0.05, 0) is 36.6 Å². The van der Waals surface area contributed by atoms with E-state index in [9.17, 15) is 9.59 Å². The number of unbranched alkanes of at least 4 members (excludes halogenated alkanes) is 6. The van der Waals surface area contributed by atoms with Crippen LogP contribution in [-0.4, -0.2) is 19.2 Å². The summed E-state index contributed by atoms with van der Waals surface area (Å²) in [6.07, 6.45) is 8.54. The molecule has 156 valence electrons. The van der Waals surface area contributed by atoms with Crippen LogP contribution < -0.4 is 9.47 Å². The van der Waals surface area contributed by atoms with Crippen LogP contribution in [0, 0.1) is 0 Å². The zero-order valence-corrected chi connectivity index (χ0v) is 17.3. The van der Waals surface area contributed by atoms with Crippen LogP contribution in [0.2, 0.25) is 0 Å². The van der Waals surface area contributed by atoms with Gasteiger partial charge in [-0.2, -0.15) is 0 Å². The summed E-state index contributed by atoms with van der Waals surface area (Å²) in [5.74, 6) is 0.0145. The first-order chi connectivity index (χ1) is 14.2. The molecule has 0 atom stereocenters. The predicted octanol–water partition coefficient (Wildman–Crippen LogP) is 6.34. The van der Waals surface area contributed by atoms with Crippen molar-refractivity contribution in [3.05, 3.63) is 59.7 Å². The molecule has 2 rings (SSSR count). The average molecular weight is 398 g/mol. The van der Waals surface area contributed by atoms with Gasteiger partial charge in [0.1, 0.15) is 17.1 Å². The molecule has 0 saturated heterocycles. The molecule has 0 amide bonds. The lowest BCUT2D eigenvalue weighted by Crippen LogP contribution is -2.16. The number of benzene rings is 2. The van der Waals surface area contributed by atoms with Crippen molar-refractivity contribution in [3.8, 4) is 11.5 Å². The third-order valence-corrected chi connectivity index (χ3v) is 4.70. The molecule has 0 bridgehead atoms. The third-order valence-electron chi connectivity index (χ3n) is 4.70. The number of ether oxygens (including phenoxy) is 3. The van der Waals surface area contributed by atoms with Crippen LogP contribution in [0.1, 0.15) is 67.8 Å². The van der Waals surface area contributed by atoms with Gasteiger partial charge in [0.15, 0.2) is 0 Å². The second-order valence-corrected chi connectivity index (χ2v) is 6.92. The number of hydrogen-bond acceptors (Lipinski definition) is 5. The van der Waals surface area contributed by atoms with Crippen molar-refractivity contribution in [1.29, 1.82) is 0 Å². The fourth-order valence-corrected chi connectivity index (χ4v) is 3.12. The van der Waals surface area contributed by atoms with Gasteiger partial charge >= 0.3 is 12.1 Å². The maximum atomic E-state index is 12.3. The quantitative estimate of drug-likeness (QED) is 0.251. The molecular formula is C24H30O5. The first-order valence-corrected chi connectivity index (χ1v) is 10.3. The highest BCUT2D eigenvalue weighted by Crippen LogP contribution is 2.23. The maximum Gasteiger partial charge on any atom is 0.519 e. The average Bonchev–Trinajstić information content (AvgIpc) is 2.74. The van der Waals surface area contributed by atoms with Gasteiger partial charge in [-0.1, -0.05) is 75.8 Å². The van der Waals surface area contributed by atoms with Gasteiger partial charge < -0.3 is 14.2 Å². The van der Waals surface area contributed by atoms with Crippen LogP contribution in [0.15, 0.2) is 48.5 Å². The number of esters is 1. The second kappa shape index (κ2) is 12.6. The van der Waals surface area contributed by atoms with Crippen molar-refractivity contribution < 1.29 is 23.8 Å². The Kier molecular flexibility index (Phi) is 9.76. The maximum absolute atomic E-state index is 12.3. The van der Waals surface area contributed by atoms with Crippen molar-refractivity contribution in [1.82, 2.24) is 0 Å². The number of methoxy groups -OCH3 is 1. The van der Waals surface area contributed by atoms with Crippen molar-refractivity contribution in [2.45, 2.75) is 58.3 Å². The Morgan fingerprint density at radius 3 is 2.07 bits per heavy atom. The summed E-state index contributed by atoms with van der Waals surface area (Å²) in [6.45, 7) is 2.22. The first-order valence-electron chi connectivity index (χ1n) is 10.3. The van der Waals surface area contributed by atoms with Crippen molar-refractivity contribution in [3.63, 3.8) is 0 Å². The van der Waals surface area contributed by atoms with Gasteiger partial charge in [-0.25, -0.2) is 9.59 Å².